The van der Waals surface area contributed by atoms with Crippen LogP contribution in [0.2, 0.25) is 5.02 Å². The maximum absolute atomic E-state index is 11.2. The Balaban J connectivity index is 0.000000675. The number of alkyl halides is 3. The average molecular weight is 488 g/mol. The van der Waals surface area contributed by atoms with E-state index in [1.54, 1.807) is 36.4 Å². The lowest BCUT2D eigenvalue weighted by atomic mass is 10.0. The van der Waals surface area contributed by atoms with Crippen molar-refractivity contribution in [2.45, 2.75) is 24.7 Å². The van der Waals surface area contributed by atoms with Gasteiger partial charge in [-0.1, -0.05) is 35.9 Å². The van der Waals surface area contributed by atoms with Gasteiger partial charge in [0.1, 0.15) is 0 Å². The molecule has 0 bridgehead atoms. The first-order valence-electron chi connectivity index (χ1n) is 9.40. The van der Waals surface area contributed by atoms with Gasteiger partial charge >= 0.3 is 18.2 Å². The number of aliphatic hydroxyl groups is 2. The number of hydrogen-bond acceptors (Lipinski definition) is 5. The van der Waals surface area contributed by atoms with Crippen molar-refractivity contribution in [2.24, 2.45) is 0 Å². The number of anilines is 1. The third-order valence-corrected chi connectivity index (χ3v) is 4.36. The number of carboxylic acid groups (broad SMARTS) is 1. The molecule has 0 aliphatic heterocycles. The topological polar surface area (TPSA) is 131 Å². The van der Waals surface area contributed by atoms with Crippen LogP contribution in [0.5, 0.6) is 0 Å². The fraction of sp³-hybridized carbons (Fsp3) is 0.300. The number of amides is 2. The molecule has 0 fully saturated rings. The molecule has 0 aromatic heterocycles. The maximum atomic E-state index is 11.2. The van der Waals surface area contributed by atoms with Crippen molar-refractivity contribution in [2.75, 3.05) is 18.5 Å². The Morgan fingerprint density at radius 2 is 1.73 bits per heavy atom. The van der Waals surface area contributed by atoms with Crippen LogP contribution in [0.1, 0.15) is 17.2 Å². The van der Waals surface area contributed by atoms with Crippen LogP contribution in [-0.4, -0.2) is 60.7 Å². The average Bonchev–Trinajstić information content (AvgIpc) is 2.77. The van der Waals surface area contributed by atoms with Gasteiger partial charge in [0.05, 0.1) is 12.7 Å². The summed E-state index contributed by atoms with van der Waals surface area (Å²) in [5.41, 5.74) is 2.31. The van der Waals surface area contributed by atoms with Gasteiger partial charge in [-0.2, -0.15) is 13.2 Å². The smallest absolute Gasteiger partial charge is 0.475 e. The van der Waals surface area contributed by atoms with Crippen LogP contribution in [0.25, 0.3) is 0 Å². The number of halogens is 4. The minimum atomic E-state index is -5.08. The number of benzene rings is 2. The van der Waals surface area contributed by atoms with Crippen LogP contribution in [0.4, 0.5) is 23.7 Å². The number of aliphatic carboxylic acids is 1. The molecule has 2 aromatic carbocycles. The Morgan fingerprint density at radius 3 is 2.21 bits per heavy atom. The molecule has 0 aliphatic carbocycles. The largest absolute Gasteiger partial charge is 0.490 e. The SMILES string of the molecule is O=C(O)C(F)(F)F.[B]NC(=O)Nc1ccc(C[C@@H](CO)NC[C@H](O)c2cccc(Cl)c2)cc1. The summed E-state index contributed by atoms with van der Waals surface area (Å²) >= 11 is 5.93. The Labute approximate surface area is 194 Å². The quantitative estimate of drug-likeness (QED) is 0.317. The maximum Gasteiger partial charge on any atom is 0.490 e. The molecule has 0 aliphatic rings. The minimum Gasteiger partial charge on any atom is -0.475 e. The zero-order chi connectivity index (χ0) is 25.0. The molecule has 2 aromatic rings. The number of rotatable bonds is 8. The number of carbonyl (C=O) groups excluding carboxylic acids is 1. The van der Waals surface area contributed by atoms with Crippen molar-refractivity contribution >= 4 is 37.3 Å². The Bertz CT molecular complexity index is 903. The van der Waals surface area contributed by atoms with E-state index >= 15 is 0 Å². The summed E-state index contributed by atoms with van der Waals surface area (Å²) in [6.45, 7) is 0.222. The van der Waals surface area contributed by atoms with E-state index in [2.05, 4.69) is 10.6 Å². The van der Waals surface area contributed by atoms with E-state index in [4.69, 9.17) is 29.5 Å². The Hall–Kier alpha value is -2.80. The monoisotopic (exact) mass is 487 g/mol. The van der Waals surface area contributed by atoms with Gasteiger partial charge in [0.2, 0.25) is 7.98 Å². The zero-order valence-electron chi connectivity index (χ0n) is 17.1. The summed E-state index contributed by atoms with van der Waals surface area (Å²) in [5.74, 6) is -2.76. The lowest BCUT2D eigenvalue weighted by Crippen LogP contribution is -2.37. The predicted octanol–water partition coefficient (Wildman–Crippen LogP) is 2.40. The van der Waals surface area contributed by atoms with Crippen LogP contribution in [0.3, 0.4) is 0 Å². The second kappa shape index (κ2) is 13.7. The summed E-state index contributed by atoms with van der Waals surface area (Å²) in [5, 5.41) is 35.2. The summed E-state index contributed by atoms with van der Waals surface area (Å²) in [6, 6.07) is 13.5. The van der Waals surface area contributed by atoms with E-state index in [0.717, 1.165) is 11.1 Å². The Morgan fingerprint density at radius 1 is 1.12 bits per heavy atom. The van der Waals surface area contributed by atoms with Crippen LogP contribution in [-0.2, 0) is 11.2 Å². The van der Waals surface area contributed by atoms with E-state index in [0.29, 0.717) is 23.7 Å². The van der Waals surface area contributed by atoms with Crippen molar-refractivity contribution in [3.63, 3.8) is 0 Å². The molecule has 2 radical (unpaired) electrons. The summed E-state index contributed by atoms with van der Waals surface area (Å²) in [7, 11) is 5.02. The molecule has 33 heavy (non-hydrogen) atoms. The first kappa shape index (κ1) is 28.2. The molecular weight excluding hydrogens is 465 g/mol. The van der Waals surface area contributed by atoms with Crippen molar-refractivity contribution < 1.29 is 38.1 Å². The molecule has 13 heteroatoms. The summed E-state index contributed by atoms with van der Waals surface area (Å²) < 4.78 is 31.7. The van der Waals surface area contributed by atoms with Gasteiger partial charge in [0.15, 0.2) is 0 Å². The van der Waals surface area contributed by atoms with E-state index in [1.165, 1.54) is 0 Å². The second-order valence-corrected chi connectivity index (χ2v) is 7.10. The molecule has 2 rings (SSSR count). The van der Waals surface area contributed by atoms with Crippen molar-refractivity contribution in [1.82, 2.24) is 10.5 Å². The third kappa shape index (κ3) is 11.1. The minimum absolute atomic E-state index is 0.0716. The fourth-order valence-electron chi connectivity index (χ4n) is 2.49. The highest BCUT2D eigenvalue weighted by molar-refractivity contribution is 6.30. The number of hydrogen-bond donors (Lipinski definition) is 6. The van der Waals surface area contributed by atoms with Gasteiger partial charge in [-0.3, -0.25) is 0 Å². The van der Waals surface area contributed by atoms with Crippen LogP contribution in [0.15, 0.2) is 48.5 Å². The molecule has 0 unspecified atom stereocenters. The van der Waals surface area contributed by atoms with E-state index in [-0.39, 0.29) is 12.6 Å². The van der Waals surface area contributed by atoms with Crippen molar-refractivity contribution in [3.8, 4) is 0 Å². The molecule has 178 valence electrons. The number of carboxylic acids is 1. The molecule has 2 atom stereocenters. The summed E-state index contributed by atoms with van der Waals surface area (Å²) in [6.07, 6.45) is -5.23. The predicted molar refractivity (Wildman–Crippen MR) is 117 cm³/mol. The highest BCUT2D eigenvalue weighted by Gasteiger charge is 2.38. The first-order chi connectivity index (χ1) is 15.5. The first-order valence-corrected chi connectivity index (χ1v) is 9.78. The highest BCUT2D eigenvalue weighted by atomic mass is 35.5. The van der Waals surface area contributed by atoms with E-state index in [9.17, 15) is 28.2 Å². The Kier molecular flexibility index (Phi) is 11.7. The van der Waals surface area contributed by atoms with Gasteiger partial charge in [-0.05, 0) is 41.8 Å². The molecule has 0 saturated heterocycles. The normalized spacial score (nSPS) is 12.7. The van der Waals surface area contributed by atoms with E-state index < -0.39 is 24.3 Å². The van der Waals surface area contributed by atoms with Crippen LogP contribution >= 0.6 is 11.6 Å². The number of aliphatic hydroxyl groups excluding tert-OH is 2. The van der Waals surface area contributed by atoms with Crippen molar-refractivity contribution in [1.29, 1.82) is 0 Å². The van der Waals surface area contributed by atoms with Gasteiger partial charge < -0.3 is 31.2 Å². The zero-order valence-corrected chi connectivity index (χ0v) is 17.9. The molecule has 2 amide bonds. The third-order valence-electron chi connectivity index (χ3n) is 4.12. The molecule has 0 spiro atoms. The highest BCUT2D eigenvalue weighted by Crippen LogP contribution is 2.18. The van der Waals surface area contributed by atoms with Gasteiger partial charge in [-0.15, -0.1) is 0 Å². The number of urea groups is 1. The lowest BCUT2D eigenvalue weighted by Gasteiger charge is -2.19. The standard InChI is InChI=1S/C18H21BClN3O3.C2HF3O2/c19-23-18(26)22-15-6-4-12(5-7-15)8-16(11-24)21-10-17(25)13-2-1-3-14(20)9-13;3-2(4,5)1(6)7/h1-7,9,16-17,21,24-25H,8,10-11H2,(H2,22,23,26);(H,6,7)/t16-,17-;/m0./s1. The fourth-order valence-corrected chi connectivity index (χ4v) is 2.69. The van der Waals surface area contributed by atoms with Crippen LogP contribution < -0.4 is 15.9 Å². The molecule has 6 N–H and O–H groups in total. The molecule has 0 saturated carbocycles. The molecule has 8 nitrogen and oxygen atoms in total. The van der Waals surface area contributed by atoms with Gasteiger partial charge in [-0.25, -0.2) is 9.59 Å². The molecular formula is C20H22BClF3N3O5. The summed E-state index contributed by atoms with van der Waals surface area (Å²) in [4.78, 5) is 20.1. The van der Waals surface area contributed by atoms with Crippen molar-refractivity contribution in [3.05, 3.63) is 64.7 Å². The van der Waals surface area contributed by atoms with E-state index in [1.807, 2.05) is 17.4 Å². The lowest BCUT2D eigenvalue weighted by molar-refractivity contribution is -0.192. The second-order valence-electron chi connectivity index (χ2n) is 6.66. The van der Waals surface area contributed by atoms with Gasteiger partial charge in [0.25, 0.3) is 0 Å². The number of nitrogens with one attached hydrogen (secondary N) is 3. The molecule has 0 heterocycles. The number of carbonyl (C=O) groups is 2. The van der Waals surface area contributed by atoms with Crippen LogP contribution in [0, 0.1) is 0 Å². The van der Waals surface area contributed by atoms with Gasteiger partial charge in [0, 0.05) is 23.3 Å².